The zero-order valence-corrected chi connectivity index (χ0v) is 14.6. The molecule has 2 rings (SSSR count). The molecule has 0 aliphatic heterocycles. The molecule has 5 heteroatoms. The van der Waals surface area contributed by atoms with Crippen LogP contribution in [0.15, 0.2) is 40.9 Å². The van der Waals surface area contributed by atoms with Crippen LogP contribution in [-0.2, 0) is 6.42 Å². The lowest BCUT2D eigenvalue weighted by Crippen LogP contribution is -2.23. The lowest BCUT2D eigenvalue weighted by Gasteiger charge is -2.20. The van der Waals surface area contributed by atoms with Gasteiger partial charge in [-0.3, -0.25) is 0 Å². The smallest absolute Gasteiger partial charge is 0.124 e. The molecule has 1 N–H and O–H groups in total. The van der Waals surface area contributed by atoms with Crippen LogP contribution in [0.25, 0.3) is 0 Å². The molecule has 0 aliphatic rings. The summed E-state index contributed by atoms with van der Waals surface area (Å²) in [4.78, 5) is 0. The Morgan fingerprint density at radius 1 is 1.14 bits per heavy atom. The fourth-order valence-corrected chi connectivity index (χ4v) is 2.87. The second kappa shape index (κ2) is 7.59. The fourth-order valence-electron chi connectivity index (χ4n) is 2.19. The third kappa shape index (κ3) is 4.43. The summed E-state index contributed by atoms with van der Waals surface area (Å²) in [6, 6.07) is 10.4. The van der Waals surface area contributed by atoms with Gasteiger partial charge in [0, 0.05) is 15.5 Å². The molecular formula is C16H15BrCl2FN. The van der Waals surface area contributed by atoms with Gasteiger partial charge in [-0.05, 0) is 64.3 Å². The Labute approximate surface area is 142 Å². The van der Waals surface area contributed by atoms with Gasteiger partial charge in [-0.15, -0.1) is 0 Å². The van der Waals surface area contributed by atoms with Crippen molar-refractivity contribution < 1.29 is 4.39 Å². The van der Waals surface area contributed by atoms with E-state index >= 15 is 0 Å². The van der Waals surface area contributed by atoms with E-state index in [2.05, 4.69) is 21.2 Å². The van der Waals surface area contributed by atoms with E-state index in [1.807, 2.05) is 25.1 Å². The molecule has 0 spiro atoms. The Morgan fingerprint density at radius 3 is 2.52 bits per heavy atom. The van der Waals surface area contributed by atoms with E-state index in [0.29, 0.717) is 16.5 Å². The maximum atomic E-state index is 13.1. The standard InChI is InChI=1S/C16H15BrCl2FN/c1-2-21-16(11-4-6-13(17)15(19)7-11)8-10-3-5-12(20)9-14(10)18/h3-7,9,16,21H,2,8H2,1H3. The van der Waals surface area contributed by atoms with Crippen LogP contribution >= 0.6 is 39.1 Å². The first-order chi connectivity index (χ1) is 10.0. The third-order valence-electron chi connectivity index (χ3n) is 3.24. The molecule has 0 bridgehead atoms. The number of benzene rings is 2. The highest BCUT2D eigenvalue weighted by molar-refractivity contribution is 9.10. The van der Waals surface area contributed by atoms with E-state index in [4.69, 9.17) is 23.2 Å². The van der Waals surface area contributed by atoms with Crippen molar-refractivity contribution in [1.82, 2.24) is 5.32 Å². The van der Waals surface area contributed by atoms with Gasteiger partial charge >= 0.3 is 0 Å². The zero-order chi connectivity index (χ0) is 15.4. The number of hydrogen-bond donors (Lipinski definition) is 1. The lowest BCUT2D eigenvalue weighted by molar-refractivity contribution is 0.549. The van der Waals surface area contributed by atoms with E-state index in [0.717, 1.165) is 22.1 Å². The molecule has 0 radical (unpaired) electrons. The van der Waals surface area contributed by atoms with E-state index in [9.17, 15) is 4.39 Å². The molecule has 0 fully saturated rings. The summed E-state index contributed by atoms with van der Waals surface area (Å²) in [5, 5.41) is 4.52. The molecule has 2 aromatic carbocycles. The Bertz CT molecular complexity index is 634. The third-order valence-corrected chi connectivity index (χ3v) is 4.82. The van der Waals surface area contributed by atoms with Crippen LogP contribution < -0.4 is 5.32 Å². The average molecular weight is 391 g/mol. The monoisotopic (exact) mass is 389 g/mol. The van der Waals surface area contributed by atoms with Crippen molar-refractivity contribution in [3.63, 3.8) is 0 Å². The Balaban J connectivity index is 2.28. The van der Waals surface area contributed by atoms with Gasteiger partial charge in [-0.2, -0.15) is 0 Å². The van der Waals surface area contributed by atoms with E-state index in [1.54, 1.807) is 6.07 Å². The minimum absolute atomic E-state index is 0.0727. The Morgan fingerprint density at radius 2 is 1.90 bits per heavy atom. The SMILES string of the molecule is CCNC(Cc1ccc(F)cc1Cl)c1ccc(Br)c(Cl)c1. The predicted molar refractivity (Wildman–Crippen MR) is 90.7 cm³/mol. The number of halogens is 4. The summed E-state index contributed by atoms with van der Waals surface area (Å²) in [6.45, 7) is 2.86. The molecule has 1 unspecified atom stereocenters. The van der Waals surface area contributed by atoms with Crippen LogP contribution in [0.4, 0.5) is 4.39 Å². The molecule has 0 heterocycles. The minimum Gasteiger partial charge on any atom is -0.310 e. The highest BCUT2D eigenvalue weighted by atomic mass is 79.9. The molecule has 1 atom stereocenters. The van der Waals surface area contributed by atoms with Crippen molar-refractivity contribution in [2.24, 2.45) is 0 Å². The molecular weight excluding hydrogens is 376 g/mol. The van der Waals surface area contributed by atoms with Crippen molar-refractivity contribution in [2.45, 2.75) is 19.4 Å². The molecule has 21 heavy (non-hydrogen) atoms. The van der Waals surface area contributed by atoms with Crippen LogP contribution in [0, 0.1) is 5.82 Å². The van der Waals surface area contributed by atoms with Gasteiger partial charge in [0.1, 0.15) is 5.82 Å². The van der Waals surface area contributed by atoms with Gasteiger partial charge in [0.05, 0.1) is 5.02 Å². The van der Waals surface area contributed by atoms with Crippen molar-refractivity contribution in [3.8, 4) is 0 Å². The number of likely N-dealkylation sites (N-methyl/N-ethyl adjacent to an activating group) is 1. The first-order valence-electron chi connectivity index (χ1n) is 6.63. The molecule has 0 amide bonds. The summed E-state index contributed by atoms with van der Waals surface area (Å²) >= 11 is 15.7. The topological polar surface area (TPSA) is 12.0 Å². The number of nitrogens with one attached hydrogen (secondary N) is 1. The molecule has 112 valence electrons. The zero-order valence-electron chi connectivity index (χ0n) is 11.5. The molecule has 0 saturated heterocycles. The number of hydrogen-bond acceptors (Lipinski definition) is 1. The second-order valence-electron chi connectivity index (χ2n) is 4.72. The van der Waals surface area contributed by atoms with Crippen LogP contribution in [0.3, 0.4) is 0 Å². The first kappa shape index (κ1) is 16.8. The van der Waals surface area contributed by atoms with Crippen LogP contribution in [0.2, 0.25) is 10.0 Å². The largest absolute Gasteiger partial charge is 0.310 e. The predicted octanol–water partition coefficient (Wildman–Crippen LogP) is 5.79. The Hall–Kier alpha value is -0.610. The van der Waals surface area contributed by atoms with Crippen molar-refractivity contribution >= 4 is 39.1 Å². The highest BCUT2D eigenvalue weighted by Gasteiger charge is 2.14. The minimum atomic E-state index is -0.324. The number of rotatable bonds is 5. The molecule has 1 nitrogen and oxygen atoms in total. The maximum absolute atomic E-state index is 13.1. The molecule has 2 aromatic rings. The fraction of sp³-hybridized carbons (Fsp3) is 0.250. The van der Waals surface area contributed by atoms with Gasteiger partial charge in [0.25, 0.3) is 0 Å². The second-order valence-corrected chi connectivity index (χ2v) is 6.39. The van der Waals surface area contributed by atoms with Gasteiger partial charge in [-0.25, -0.2) is 4.39 Å². The summed E-state index contributed by atoms with van der Waals surface area (Å²) in [6.07, 6.45) is 0.672. The maximum Gasteiger partial charge on any atom is 0.124 e. The van der Waals surface area contributed by atoms with Crippen molar-refractivity contribution in [3.05, 3.63) is 67.9 Å². The summed E-state index contributed by atoms with van der Waals surface area (Å²) in [7, 11) is 0. The highest BCUT2D eigenvalue weighted by Crippen LogP contribution is 2.29. The van der Waals surface area contributed by atoms with Crippen LogP contribution in [-0.4, -0.2) is 6.54 Å². The van der Waals surface area contributed by atoms with E-state index in [1.165, 1.54) is 12.1 Å². The quantitative estimate of drug-likeness (QED) is 0.681. The first-order valence-corrected chi connectivity index (χ1v) is 8.18. The molecule has 0 aromatic heterocycles. The van der Waals surface area contributed by atoms with Gasteiger partial charge in [0.2, 0.25) is 0 Å². The van der Waals surface area contributed by atoms with Crippen LogP contribution in [0.1, 0.15) is 24.1 Å². The normalized spacial score (nSPS) is 12.4. The summed E-state index contributed by atoms with van der Waals surface area (Å²) < 4.78 is 14.0. The van der Waals surface area contributed by atoms with Crippen molar-refractivity contribution in [2.75, 3.05) is 6.54 Å². The average Bonchev–Trinajstić information content (AvgIpc) is 2.44. The van der Waals surface area contributed by atoms with E-state index < -0.39 is 0 Å². The van der Waals surface area contributed by atoms with Crippen molar-refractivity contribution in [1.29, 1.82) is 0 Å². The molecule has 0 saturated carbocycles. The summed E-state index contributed by atoms with van der Waals surface area (Å²) in [5.41, 5.74) is 1.98. The van der Waals surface area contributed by atoms with E-state index in [-0.39, 0.29) is 11.9 Å². The van der Waals surface area contributed by atoms with Gasteiger partial charge in [-0.1, -0.05) is 42.3 Å². The Kier molecular flexibility index (Phi) is 6.06. The van der Waals surface area contributed by atoms with Gasteiger partial charge < -0.3 is 5.32 Å². The van der Waals surface area contributed by atoms with Gasteiger partial charge in [0.15, 0.2) is 0 Å². The molecule has 0 aliphatic carbocycles. The summed E-state index contributed by atoms with van der Waals surface area (Å²) in [5.74, 6) is -0.324. The van der Waals surface area contributed by atoms with Crippen LogP contribution in [0.5, 0.6) is 0 Å². The lowest BCUT2D eigenvalue weighted by atomic mass is 9.98.